The molecule has 2 heterocycles. The van der Waals surface area contributed by atoms with Gasteiger partial charge in [0.05, 0.1) is 7.11 Å². The number of carbonyl (C=O) groups excluding carboxylic acids is 2. The lowest BCUT2D eigenvalue weighted by Crippen LogP contribution is -2.22. The molecule has 2 aromatic heterocycles. The molecule has 180 valence electrons. The van der Waals surface area contributed by atoms with Gasteiger partial charge in [-0.15, -0.1) is 11.3 Å². The number of ether oxygens (including phenoxy) is 1. The first-order chi connectivity index (χ1) is 16.9. The van der Waals surface area contributed by atoms with Crippen LogP contribution in [0.4, 0.5) is 10.7 Å². The molecule has 1 amide bonds. The van der Waals surface area contributed by atoms with E-state index in [2.05, 4.69) is 24.1 Å². The van der Waals surface area contributed by atoms with Crippen LogP contribution >= 0.6 is 22.9 Å². The number of carbonyl (C=O) groups is 2. The number of esters is 1. The van der Waals surface area contributed by atoms with Gasteiger partial charge in [0, 0.05) is 51.8 Å². The summed E-state index contributed by atoms with van der Waals surface area (Å²) in [5.41, 5.74) is 2.69. The Balaban J connectivity index is 1.70. The molecule has 0 unspecified atom stereocenters. The van der Waals surface area contributed by atoms with Gasteiger partial charge in [-0.25, -0.2) is 4.79 Å². The summed E-state index contributed by atoms with van der Waals surface area (Å²) in [5, 5.41) is 14.3. The summed E-state index contributed by atoms with van der Waals surface area (Å²) in [5.74, 6) is -1.17. The second-order valence-electron chi connectivity index (χ2n) is 7.66. The summed E-state index contributed by atoms with van der Waals surface area (Å²) in [6.07, 6.45) is 0. The number of hydrogen-bond donors (Lipinski definition) is 2. The van der Waals surface area contributed by atoms with Crippen LogP contribution in [-0.4, -0.2) is 32.1 Å². The maximum absolute atomic E-state index is 13.2. The molecule has 0 saturated carbocycles. The Morgan fingerprint density at radius 2 is 1.86 bits per heavy atom. The number of benzene rings is 2. The molecule has 2 aromatic carbocycles. The Hall–Kier alpha value is -3.62. The normalized spacial score (nSPS) is 10.9. The van der Waals surface area contributed by atoms with Crippen molar-refractivity contribution in [3.63, 3.8) is 0 Å². The fourth-order valence-electron chi connectivity index (χ4n) is 3.87. The Morgan fingerprint density at radius 3 is 2.54 bits per heavy atom. The molecule has 0 spiro atoms. The quantitative estimate of drug-likeness (QED) is 0.290. The van der Waals surface area contributed by atoms with Gasteiger partial charge in [0.25, 0.3) is 5.91 Å². The van der Waals surface area contributed by atoms with Crippen LogP contribution in [0, 0.1) is 5.41 Å². The van der Waals surface area contributed by atoms with Gasteiger partial charge >= 0.3 is 5.97 Å². The van der Waals surface area contributed by atoms with Gasteiger partial charge in [0.15, 0.2) is 0 Å². The van der Waals surface area contributed by atoms with Gasteiger partial charge in [-0.1, -0.05) is 29.8 Å². The summed E-state index contributed by atoms with van der Waals surface area (Å²) in [7, 11) is 1.28. The van der Waals surface area contributed by atoms with E-state index in [9.17, 15) is 9.59 Å². The van der Waals surface area contributed by atoms with Crippen molar-refractivity contribution in [2.75, 3.05) is 30.4 Å². The van der Waals surface area contributed by atoms with Crippen molar-refractivity contribution >= 4 is 56.5 Å². The maximum atomic E-state index is 13.2. The lowest BCUT2D eigenvalue weighted by Gasteiger charge is -2.21. The maximum Gasteiger partial charge on any atom is 0.341 e. The molecular weight excluding hydrogens is 486 g/mol. The largest absolute Gasteiger partial charge is 0.465 e. The fraction of sp³-hybridized carbons (Fsp3) is 0.192. The van der Waals surface area contributed by atoms with Crippen LogP contribution < -0.4 is 15.8 Å². The molecule has 4 aromatic rings. The topological polar surface area (TPSA) is 95.6 Å². The van der Waals surface area contributed by atoms with Crippen molar-refractivity contribution < 1.29 is 18.7 Å². The van der Waals surface area contributed by atoms with E-state index in [1.807, 2.05) is 24.3 Å². The zero-order chi connectivity index (χ0) is 25.1. The number of hydrogen-bond acceptors (Lipinski definition) is 7. The Labute approximate surface area is 211 Å². The molecule has 0 atom stereocenters. The fourth-order valence-corrected chi connectivity index (χ4v) is 5.05. The second kappa shape index (κ2) is 10.3. The highest BCUT2D eigenvalue weighted by molar-refractivity contribution is 7.15. The molecule has 4 rings (SSSR count). The molecule has 35 heavy (non-hydrogen) atoms. The molecule has 2 N–H and O–H groups in total. The first-order valence-electron chi connectivity index (χ1n) is 11.0. The lowest BCUT2D eigenvalue weighted by molar-refractivity contribution is 0.0603. The number of nitrogens with one attached hydrogen (secondary N) is 2. The zero-order valence-corrected chi connectivity index (χ0v) is 21.0. The van der Waals surface area contributed by atoms with E-state index in [4.69, 9.17) is 26.2 Å². The van der Waals surface area contributed by atoms with Gasteiger partial charge in [-0.3, -0.25) is 10.2 Å². The number of halogens is 1. The first-order valence-corrected chi connectivity index (χ1v) is 12.3. The number of anilines is 2. The van der Waals surface area contributed by atoms with Crippen LogP contribution in [0.2, 0.25) is 5.02 Å². The van der Waals surface area contributed by atoms with Gasteiger partial charge in [0.2, 0.25) is 5.55 Å². The van der Waals surface area contributed by atoms with Crippen molar-refractivity contribution in [1.29, 1.82) is 5.41 Å². The third kappa shape index (κ3) is 4.80. The smallest absolute Gasteiger partial charge is 0.341 e. The van der Waals surface area contributed by atoms with E-state index in [-0.39, 0.29) is 16.7 Å². The monoisotopic (exact) mass is 509 g/mol. The van der Waals surface area contributed by atoms with Crippen molar-refractivity contribution in [3.8, 4) is 11.1 Å². The molecule has 0 aliphatic rings. The van der Waals surface area contributed by atoms with Crippen LogP contribution in [0.3, 0.4) is 0 Å². The third-order valence-corrected chi connectivity index (χ3v) is 6.92. The number of thiophene rings is 1. The van der Waals surface area contributed by atoms with E-state index in [0.29, 0.717) is 32.1 Å². The highest BCUT2D eigenvalue weighted by Gasteiger charge is 2.24. The summed E-state index contributed by atoms with van der Waals surface area (Å²) in [6, 6.07) is 14.4. The molecule has 7 nitrogen and oxygen atoms in total. The molecule has 0 fully saturated rings. The predicted molar refractivity (Wildman–Crippen MR) is 140 cm³/mol. The molecule has 0 aliphatic heterocycles. The van der Waals surface area contributed by atoms with Gasteiger partial charge < -0.3 is 19.4 Å². The van der Waals surface area contributed by atoms with E-state index < -0.39 is 11.9 Å². The summed E-state index contributed by atoms with van der Waals surface area (Å²) < 4.78 is 10.7. The Kier molecular flexibility index (Phi) is 7.23. The molecule has 9 heteroatoms. The minimum absolute atomic E-state index is 0.0524. The minimum atomic E-state index is -0.602. The average molecular weight is 510 g/mol. The minimum Gasteiger partial charge on any atom is -0.465 e. The van der Waals surface area contributed by atoms with Crippen molar-refractivity contribution in [2.24, 2.45) is 0 Å². The SMILES string of the molecule is CCN(CC)c1ccc2cc(C(=O)Nc3scc(-c4ccccc4Cl)c3C(=O)OC)c(=N)oc2c1. The van der Waals surface area contributed by atoms with E-state index in [1.54, 1.807) is 29.6 Å². The molecule has 0 bridgehead atoms. The molecule has 0 radical (unpaired) electrons. The van der Waals surface area contributed by atoms with Crippen LogP contribution in [0.1, 0.15) is 34.6 Å². The zero-order valence-electron chi connectivity index (χ0n) is 19.5. The number of amides is 1. The number of fused-ring (bicyclic) bond motifs is 1. The second-order valence-corrected chi connectivity index (χ2v) is 8.95. The summed E-state index contributed by atoms with van der Waals surface area (Å²) in [4.78, 5) is 27.9. The number of rotatable bonds is 7. The summed E-state index contributed by atoms with van der Waals surface area (Å²) >= 11 is 7.52. The molecule has 0 saturated heterocycles. The third-order valence-electron chi connectivity index (χ3n) is 5.70. The van der Waals surface area contributed by atoms with Crippen molar-refractivity contribution in [3.05, 3.63) is 75.6 Å². The van der Waals surface area contributed by atoms with Gasteiger partial charge in [0.1, 0.15) is 21.7 Å². The van der Waals surface area contributed by atoms with Crippen molar-refractivity contribution in [1.82, 2.24) is 0 Å². The van der Waals surface area contributed by atoms with Crippen LogP contribution in [0.25, 0.3) is 22.1 Å². The predicted octanol–water partition coefficient (Wildman–Crippen LogP) is 6.18. The van der Waals surface area contributed by atoms with Crippen LogP contribution in [-0.2, 0) is 4.74 Å². The van der Waals surface area contributed by atoms with Crippen LogP contribution in [0.15, 0.2) is 58.3 Å². The Morgan fingerprint density at radius 1 is 1.11 bits per heavy atom. The highest BCUT2D eigenvalue weighted by atomic mass is 35.5. The number of nitrogens with zero attached hydrogens (tertiary/aromatic N) is 1. The lowest BCUT2D eigenvalue weighted by atomic mass is 10.0. The first kappa shape index (κ1) is 24.5. The number of methoxy groups -OCH3 is 1. The van der Waals surface area contributed by atoms with E-state index >= 15 is 0 Å². The van der Waals surface area contributed by atoms with Crippen LogP contribution in [0.5, 0.6) is 0 Å². The van der Waals surface area contributed by atoms with E-state index in [1.165, 1.54) is 18.4 Å². The Bertz CT molecular complexity index is 1470. The van der Waals surface area contributed by atoms with Crippen molar-refractivity contribution in [2.45, 2.75) is 13.8 Å². The highest BCUT2D eigenvalue weighted by Crippen LogP contribution is 2.39. The van der Waals surface area contributed by atoms with Gasteiger partial charge in [-0.05, 0) is 38.1 Å². The molecule has 0 aliphatic carbocycles. The van der Waals surface area contributed by atoms with E-state index in [0.717, 1.165) is 18.8 Å². The molecular formula is C26H24ClN3O4S. The standard InChI is InChI=1S/C26H24ClN3O4S/c1-4-30(5-2)16-11-10-15-12-18(23(28)34-21(15)13-16)24(31)29-25-22(26(32)33-3)19(14-35-25)17-8-6-7-9-20(17)27/h6-14,28H,4-5H2,1-3H3,(H,29,31). The summed E-state index contributed by atoms with van der Waals surface area (Å²) in [6.45, 7) is 5.82. The van der Waals surface area contributed by atoms with Gasteiger partial charge in [-0.2, -0.15) is 0 Å². The average Bonchev–Trinajstić information content (AvgIpc) is 3.27.